The Kier molecular flexibility index (Phi) is 4.51. The van der Waals surface area contributed by atoms with Crippen LogP contribution in [0.3, 0.4) is 0 Å². The number of nitrogens with one attached hydrogen (secondary N) is 2. The van der Waals surface area contributed by atoms with E-state index in [0.717, 1.165) is 59.3 Å². The highest BCUT2D eigenvalue weighted by molar-refractivity contribution is 6.37. The molecule has 2 aromatic heterocycles. The van der Waals surface area contributed by atoms with Crippen LogP contribution in [0.2, 0.25) is 0 Å². The molecule has 2 radical (unpaired) electrons. The lowest BCUT2D eigenvalue weighted by atomic mass is 9.93. The molecular formula is C20H22BN5. The molecule has 1 aliphatic heterocycles. The summed E-state index contributed by atoms with van der Waals surface area (Å²) in [6, 6.07) is 8.24. The Morgan fingerprint density at radius 2 is 2.08 bits per heavy atom. The lowest BCUT2D eigenvalue weighted by molar-refractivity contribution is 0.422. The third-order valence-corrected chi connectivity index (χ3v) is 5.02. The molecule has 0 unspecified atom stereocenters. The number of aromatic nitrogens is 3. The molecule has 2 N–H and O–H groups in total. The second kappa shape index (κ2) is 6.96. The van der Waals surface area contributed by atoms with Gasteiger partial charge in [-0.25, -0.2) is 4.98 Å². The smallest absolute Gasteiger partial charge is 0.142 e. The van der Waals surface area contributed by atoms with E-state index in [1.165, 1.54) is 0 Å². The maximum absolute atomic E-state index is 6.20. The monoisotopic (exact) mass is 343 g/mol. The number of allylic oxidation sites excluding steroid dienone is 1. The van der Waals surface area contributed by atoms with E-state index in [1.807, 2.05) is 31.6 Å². The predicted octanol–water partition coefficient (Wildman–Crippen LogP) is 2.35. The maximum Gasteiger partial charge on any atom is 0.142 e. The standard InChI is InChI=1S/C20H22BN5/c1-13(14-5-7-22-8-6-14)24-19-10-16-9-15(17-11-23-26(2)12-17)3-4-18(16)20(21)25-19/h3-4,9-12,14,22H,1,5-8H2,2H3,(H,24,25). The van der Waals surface area contributed by atoms with Crippen LogP contribution in [0.4, 0.5) is 5.82 Å². The number of fused-ring (bicyclic) bond motifs is 1. The van der Waals surface area contributed by atoms with Gasteiger partial charge in [0.15, 0.2) is 0 Å². The van der Waals surface area contributed by atoms with Crippen molar-refractivity contribution in [3.05, 3.63) is 48.9 Å². The number of benzene rings is 1. The molecule has 0 aliphatic carbocycles. The zero-order valence-electron chi connectivity index (χ0n) is 15.0. The van der Waals surface area contributed by atoms with Gasteiger partial charge in [-0.05, 0) is 60.0 Å². The van der Waals surface area contributed by atoms with Crippen molar-refractivity contribution in [3.8, 4) is 11.1 Å². The van der Waals surface area contributed by atoms with Crippen molar-refractivity contribution in [2.75, 3.05) is 18.4 Å². The molecule has 6 heteroatoms. The number of hydrogen-bond donors (Lipinski definition) is 2. The lowest BCUT2D eigenvalue weighted by Gasteiger charge is -2.25. The minimum absolute atomic E-state index is 0.469. The first-order valence-electron chi connectivity index (χ1n) is 8.96. The van der Waals surface area contributed by atoms with Crippen molar-refractivity contribution in [2.45, 2.75) is 12.8 Å². The highest BCUT2D eigenvalue weighted by atomic mass is 15.2. The fraction of sp³-hybridized carbons (Fsp3) is 0.300. The van der Waals surface area contributed by atoms with Crippen molar-refractivity contribution in [1.82, 2.24) is 20.1 Å². The molecule has 0 bridgehead atoms. The van der Waals surface area contributed by atoms with Gasteiger partial charge in [-0.15, -0.1) is 0 Å². The van der Waals surface area contributed by atoms with E-state index >= 15 is 0 Å². The van der Waals surface area contributed by atoms with E-state index in [1.54, 1.807) is 4.68 Å². The van der Waals surface area contributed by atoms with E-state index < -0.39 is 0 Å². The topological polar surface area (TPSA) is 54.8 Å². The van der Waals surface area contributed by atoms with Crippen molar-refractivity contribution >= 4 is 30.0 Å². The summed E-state index contributed by atoms with van der Waals surface area (Å²) >= 11 is 0. The summed E-state index contributed by atoms with van der Waals surface area (Å²) in [5, 5.41) is 13.0. The summed E-state index contributed by atoms with van der Waals surface area (Å²) in [5.74, 6) is 1.22. The fourth-order valence-electron chi connectivity index (χ4n) is 3.54. The summed E-state index contributed by atoms with van der Waals surface area (Å²) < 4.78 is 1.80. The molecule has 0 spiro atoms. The van der Waals surface area contributed by atoms with Crippen LogP contribution in [0.1, 0.15) is 12.8 Å². The molecule has 3 heterocycles. The van der Waals surface area contributed by atoms with Gasteiger partial charge in [0.25, 0.3) is 0 Å². The van der Waals surface area contributed by atoms with Gasteiger partial charge in [-0.3, -0.25) is 4.68 Å². The molecule has 0 atom stereocenters. The Morgan fingerprint density at radius 3 is 2.81 bits per heavy atom. The van der Waals surface area contributed by atoms with Crippen LogP contribution in [0, 0.1) is 5.92 Å². The highest BCUT2D eigenvalue weighted by Crippen LogP contribution is 2.26. The molecule has 5 nitrogen and oxygen atoms in total. The van der Waals surface area contributed by atoms with Crippen LogP contribution >= 0.6 is 0 Å². The van der Waals surface area contributed by atoms with Gasteiger partial charge in [0, 0.05) is 30.4 Å². The quantitative estimate of drug-likeness (QED) is 0.714. The number of pyridine rings is 1. The third-order valence-electron chi connectivity index (χ3n) is 5.02. The number of hydrogen-bond acceptors (Lipinski definition) is 4. The zero-order chi connectivity index (χ0) is 18.1. The van der Waals surface area contributed by atoms with E-state index in [0.29, 0.717) is 11.5 Å². The fourth-order valence-corrected chi connectivity index (χ4v) is 3.54. The van der Waals surface area contributed by atoms with Gasteiger partial charge in [0.2, 0.25) is 0 Å². The predicted molar refractivity (Wildman–Crippen MR) is 108 cm³/mol. The van der Waals surface area contributed by atoms with Gasteiger partial charge in [0.1, 0.15) is 13.7 Å². The Morgan fingerprint density at radius 1 is 1.27 bits per heavy atom. The Hall–Kier alpha value is -2.60. The summed E-state index contributed by atoms with van der Waals surface area (Å²) in [4.78, 5) is 4.52. The van der Waals surface area contributed by atoms with Crippen molar-refractivity contribution in [1.29, 1.82) is 0 Å². The number of aryl methyl sites for hydroxylation is 1. The molecule has 0 amide bonds. The normalized spacial score (nSPS) is 15.3. The second-order valence-electron chi connectivity index (χ2n) is 6.91. The first-order valence-corrected chi connectivity index (χ1v) is 8.96. The van der Waals surface area contributed by atoms with Gasteiger partial charge in [0.05, 0.1) is 6.20 Å². The summed E-state index contributed by atoms with van der Waals surface area (Å²) in [6.07, 6.45) is 6.06. The van der Waals surface area contributed by atoms with Gasteiger partial charge >= 0.3 is 0 Å². The zero-order valence-corrected chi connectivity index (χ0v) is 15.0. The van der Waals surface area contributed by atoms with Crippen LogP contribution in [0.5, 0.6) is 0 Å². The van der Waals surface area contributed by atoms with E-state index in [-0.39, 0.29) is 0 Å². The Bertz CT molecular complexity index is 956. The molecule has 1 aliphatic rings. The number of rotatable bonds is 4. The Balaban J connectivity index is 1.64. The molecule has 4 rings (SSSR count). The van der Waals surface area contributed by atoms with Crippen LogP contribution in [0.25, 0.3) is 21.9 Å². The van der Waals surface area contributed by atoms with E-state index in [9.17, 15) is 0 Å². The largest absolute Gasteiger partial charge is 0.344 e. The number of piperidine rings is 1. The van der Waals surface area contributed by atoms with Crippen LogP contribution in [-0.4, -0.2) is 35.7 Å². The number of anilines is 1. The van der Waals surface area contributed by atoms with Crippen LogP contribution < -0.4 is 16.2 Å². The molecule has 130 valence electrons. The maximum atomic E-state index is 6.20. The minimum Gasteiger partial charge on any atom is -0.344 e. The van der Waals surface area contributed by atoms with Gasteiger partial charge < -0.3 is 10.6 Å². The van der Waals surface area contributed by atoms with Crippen molar-refractivity contribution < 1.29 is 0 Å². The third kappa shape index (κ3) is 3.37. The van der Waals surface area contributed by atoms with Gasteiger partial charge in [-0.2, -0.15) is 5.10 Å². The second-order valence-corrected chi connectivity index (χ2v) is 6.91. The first kappa shape index (κ1) is 16.9. The SMILES string of the molecule is [B]c1nc(NC(=C)C2CCNCC2)cc2cc(-c3cnn(C)c3)ccc12. The number of nitrogens with zero attached hydrogens (tertiary/aromatic N) is 3. The van der Waals surface area contributed by atoms with Crippen LogP contribution in [0.15, 0.2) is 48.9 Å². The molecule has 26 heavy (non-hydrogen) atoms. The molecule has 1 saturated heterocycles. The summed E-state index contributed by atoms with van der Waals surface area (Å²) in [7, 11) is 8.11. The minimum atomic E-state index is 0.469. The summed E-state index contributed by atoms with van der Waals surface area (Å²) in [5.41, 5.74) is 3.74. The molecule has 0 saturated carbocycles. The van der Waals surface area contributed by atoms with Crippen molar-refractivity contribution in [3.63, 3.8) is 0 Å². The average Bonchev–Trinajstić information content (AvgIpc) is 3.08. The highest BCUT2D eigenvalue weighted by Gasteiger charge is 2.16. The van der Waals surface area contributed by atoms with Gasteiger partial charge in [-0.1, -0.05) is 18.7 Å². The van der Waals surface area contributed by atoms with E-state index in [2.05, 4.69) is 39.4 Å². The Labute approximate surface area is 154 Å². The van der Waals surface area contributed by atoms with Crippen molar-refractivity contribution in [2.24, 2.45) is 13.0 Å². The molecule has 1 fully saturated rings. The van der Waals surface area contributed by atoms with E-state index in [4.69, 9.17) is 7.85 Å². The lowest BCUT2D eigenvalue weighted by Crippen LogP contribution is -2.30. The molecule has 1 aromatic carbocycles. The van der Waals surface area contributed by atoms with Crippen LogP contribution in [-0.2, 0) is 7.05 Å². The summed E-state index contributed by atoms with van der Waals surface area (Å²) in [6.45, 7) is 6.29. The molecular weight excluding hydrogens is 321 g/mol. The first-order chi connectivity index (χ1) is 12.6. The molecule has 3 aromatic rings. The average molecular weight is 343 g/mol.